The lowest BCUT2D eigenvalue weighted by atomic mass is 10.0. The van der Waals surface area contributed by atoms with Gasteiger partial charge in [0.2, 0.25) is 11.8 Å². The minimum atomic E-state index is -0.553. The van der Waals surface area contributed by atoms with Crippen LogP contribution in [0.25, 0.3) is 0 Å². The van der Waals surface area contributed by atoms with E-state index >= 15 is 0 Å². The molecule has 27 heavy (non-hydrogen) atoms. The maximum atomic E-state index is 12.9. The highest BCUT2D eigenvalue weighted by Crippen LogP contribution is 2.28. The van der Waals surface area contributed by atoms with Crippen molar-refractivity contribution in [2.45, 2.75) is 51.4 Å². The number of hydrogen-bond donors (Lipinski definition) is 2. The van der Waals surface area contributed by atoms with Gasteiger partial charge in [-0.3, -0.25) is 24.6 Å². The Hall–Kier alpha value is -2.25. The summed E-state index contributed by atoms with van der Waals surface area (Å²) in [6, 6.07) is 6.07. The molecule has 0 saturated carbocycles. The summed E-state index contributed by atoms with van der Waals surface area (Å²) in [5, 5.41) is 5.75. The van der Waals surface area contributed by atoms with Crippen molar-refractivity contribution in [3.05, 3.63) is 34.9 Å². The average molecular weight is 370 g/mol. The van der Waals surface area contributed by atoms with Gasteiger partial charge in [-0.1, -0.05) is 19.1 Å². The Morgan fingerprint density at radius 2 is 2.07 bits per heavy atom. The van der Waals surface area contributed by atoms with Gasteiger partial charge in [-0.2, -0.15) is 0 Å². The molecule has 2 N–H and O–H groups in total. The summed E-state index contributed by atoms with van der Waals surface area (Å²) in [5.74, 6) is -0.728. The third-order valence-corrected chi connectivity index (χ3v) is 5.94. The normalized spacial score (nSPS) is 25.3. The van der Waals surface area contributed by atoms with Crippen LogP contribution in [0.1, 0.15) is 47.7 Å². The zero-order valence-electron chi connectivity index (χ0n) is 15.7. The summed E-state index contributed by atoms with van der Waals surface area (Å²) in [7, 11) is 0. The van der Waals surface area contributed by atoms with E-state index in [4.69, 9.17) is 0 Å². The number of carbonyl (C=O) groups excluding carboxylic acids is 3. The second-order valence-corrected chi connectivity index (χ2v) is 7.60. The van der Waals surface area contributed by atoms with Gasteiger partial charge in [0.05, 0.1) is 0 Å². The summed E-state index contributed by atoms with van der Waals surface area (Å²) < 4.78 is 0. The average Bonchev–Trinajstić information content (AvgIpc) is 3.29. The number of benzene rings is 1. The molecule has 0 spiro atoms. The number of piperidine rings is 1. The third-order valence-electron chi connectivity index (χ3n) is 5.94. The Kier molecular flexibility index (Phi) is 4.97. The van der Waals surface area contributed by atoms with Crippen molar-refractivity contribution >= 4 is 17.7 Å². The molecule has 3 aliphatic heterocycles. The topological polar surface area (TPSA) is 81.8 Å². The van der Waals surface area contributed by atoms with E-state index in [0.717, 1.165) is 43.7 Å². The fourth-order valence-electron chi connectivity index (χ4n) is 4.38. The fraction of sp³-hybridized carbons (Fsp3) is 0.550. The molecule has 7 heteroatoms. The molecule has 1 aromatic rings. The Bertz CT molecular complexity index is 772. The van der Waals surface area contributed by atoms with Gasteiger partial charge in [0.15, 0.2) is 0 Å². The molecule has 0 bridgehead atoms. The quantitative estimate of drug-likeness (QED) is 0.743. The summed E-state index contributed by atoms with van der Waals surface area (Å²) in [5.41, 5.74) is 2.78. The molecule has 144 valence electrons. The van der Waals surface area contributed by atoms with Crippen molar-refractivity contribution in [3.8, 4) is 0 Å². The molecule has 7 nitrogen and oxygen atoms in total. The van der Waals surface area contributed by atoms with Crippen molar-refractivity contribution in [3.63, 3.8) is 0 Å². The van der Waals surface area contributed by atoms with Gasteiger partial charge in [0.25, 0.3) is 5.91 Å². The molecule has 2 saturated heterocycles. The smallest absolute Gasteiger partial charge is 0.255 e. The third kappa shape index (κ3) is 3.49. The van der Waals surface area contributed by atoms with Crippen molar-refractivity contribution in [1.82, 2.24) is 20.4 Å². The van der Waals surface area contributed by atoms with E-state index in [1.54, 1.807) is 4.90 Å². The van der Waals surface area contributed by atoms with Crippen molar-refractivity contribution in [1.29, 1.82) is 0 Å². The van der Waals surface area contributed by atoms with Gasteiger partial charge >= 0.3 is 0 Å². The van der Waals surface area contributed by atoms with E-state index in [2.05, 4.69) is 28.5 Å². The van der Waals surface area contributed by atoms with Crippen LogP contribution in [-0.2, 0) is 22.7 Å². The first-order valence-corrected chi connectivity index (χ1v) is 9.78. The molecular formula is C20H26N4O3. The van der Waals surface area contributed by atoms with E-state index < -0.39 is 6.04 Å². The monoisotopic (exact) mass is 370 g/mol. The molecule has 2 fully saturated rings. The molecule has 3 heterocycles. The molecule has 2 unspecified atom stereocenters. The lowest BCUT2D eigenvalue weighted by Crippen LogP contribution is -2.52. The van der Waals surface area contributed by atoms with Crippen molar-refractivity contribution in [2.75, 3.05) is 19.6 Å². The molecule has 0 aromatic heterocycles. The summed E-state index contributed by atoms with van der Waals surface area (Å²) in [4.78, 5) is 40.5. The largest absolute Gasteiger partial charge is 0.322 e. The van der Waals surface area contributed by atoms with Crippen LogP contribution in [0.2, 0.25) is 0 Å². The summed E-state index contributed by atoms with van der Waals surface area (Å²) >= 11 is 0. The zero-order chi connectivity index (χ0) is 19.0. The summed E-state index contributed by atoms with van der Waals surface area (Å²) in [6.07, 6.45) is 1.83. The Morgan fingerprint density at radius 3 is 2.78 bits per heavy atom. The maximum absolute atomic E-state index is 12.9. The van der Waals surface area contributed by atoms with Gasteiger partial charge < -0.3 is 10.2 Å². The second kappa shape index (κ2) is 7.40. The highest BCUT2D eigenvalue weighted by atomic mass is 16.2. The number of nitrogens with zero attached hydrogens (tertiary/aromatic N) is 2. The number of carbonyl (C=O) groups is 3. The van der Waals surface area contributed by atoms with Gasteiger partial charge in [-0.05, 0) is 43.1 Å². The minimum Gasteiger partial charge on any atom is -0.322 e. The molecule has 4 rings (SSSR count). The van der Waals surface area contributed by atoms with Crippen LogP contribution in [0.15, 0.2) is 18.2 Å². The van der Waals surface area contributed by atoms with Crippen LogP contribution < -0.4 is 10.6 Å². The molecule has 0 radical (unpaired) electrons. The van der Waals surface area contributed by atoms with Crippen molar-refractivity contribution < 1.29 is 14.4 Å². The first-order chi connectivity index (χ1) is 13.1. The van der Waals surface area contributed by atoms with Crippen LogP contribution in [0.3, 0.4) is 0 Å². The Morgan fingerprint density at radius 1 is 1.22 bits per heavy atom. The van der Waals surface area contributed by atoms with Crippen LogP contribution in [0, 0.1) is 0 Å². The number of rotatable bonds is 5. The molecule has 3 amide bonds. The number of amides is 3. The Labute approximate surface area is 159 Å². The van der Waals surface area contributed by atoms with Gasteiger partial charge in [0.1, 0.15) is 6.04 Å². The highest BCUT2D eigenvalue weighted by molar-refractivity contribution is 6.05. The SMILES string of the molecule is CCN(Cc1ccc2c(c1)C(=O)N(C1CCC(=O)NC1=O)C2)C1CCNC1. The first-order valence-electron chi connectivity index (χ1n) is 9.78. The van der Waals surface area contributed by atoms with Crippen LogP contribution >= 0.6 is 0 Å². The van der Waals surface area contributed by atoms with Gasteiger partial charge in [-0.15, -0.1) is 0 Å². The Balaban J connectivity index is 1.49. The zero-order valence-corrected chi connectivity index (χ0v) is 15.7. The van der Waals surface area contributed by atoms with Gasteiger partial charge in [0, 0.05) is 37.7 Å². The maximum Gasteiger partial charge on any atom is 0.255 e. The molecule has 2 atom stereocenters. The first kappa shape index (κ1) is 18.1. The van der Waals surface area contributed by atoms with E-state index in [9.17, 15) is 14.4 Å². The van der Waals surface area contributed by atoms with Crippen LogP contribution in [0.4, 0.5) is 0 Å². The number of nitrogens with one attached hydrogen (secondary N) is 2. The fourth-order valence-corrected chi connectivity index (χ4v) is 4.38. The van der Waals surface area contributed by atoms with E-state index in [1.165, 1.54) is 0 Å². The number of imide groups is 1. The summed E-state index contributed by atoms with van der Waals surface area (Å²) in [6.45, 7) is 6.47. The highest BCUT2D eigenvalue weighted by Gasteiger charge is 2.39. The predicted molar refractivity (Wildman–Crippen MR) is 99.8 cm³/mol. The second-order valence-electron chi connectivity index (χ2n) is 7.60. The number of likely N-dealkylation sites (N-methyl/N-ethyl adjacent to an activating group) is 1. The van der Waals surface area contributed by atoms with E-state index in [-0.39, 0.29) is 24.1 Å². The van der Waals surface area contributed by atoms with E-state index in [1.807, 2.05) is 12.1 Å². The predicted octanol–water partition coefficient (Wildman–Crippen LogP) is 0.631. The van der Waals surface area contributed by atoms with Crippen LogP contribution in [0.5, 0.6) is 0 Å². The standard InChI is InChI=1S/C20H26N4O3/c1-2-23(15-7-8-21-10-15)11-13-3-4-14-12-24(20(27)16(14)9-13)17-5-6-18(25)22-19(17)26/h3-4,9,15,17,21H,2,5-8,10-12H2,1H3,(H,22,25,26). The number of hydrogen-bond acceptors (Lipinski definition) is 5. The molecule has 3 aliphatic rings. The molecule has 1 aromatic carbocycles. The molecular weight excluding hydrogens is 344 g/mol. The van der Waals surface area contributed by atoms with Crippen molar-refractivity contribution in [2.24, 2.45) is 0 Å². The van der Waals surface area contributed by atoms with Gasteiger partial charge in [-0.25, -0.2) is 0 Å². The van der Waals surface area contributed by atoms with E-state index in [0.29, 0.717) is 24.6 Å². The number of fused-ring (bicyclic) bond motifs is 1. The molecule has 0 aliphatic carbocycles. The minimum absolute atomic E-state index is 0.105. The lowest BCUT2D eigenvalue weighted by Gasteiger charge is -2.29. The van der Waals surface area contributed by atoms with Crippen LogP contribution in [-0.4, -0.2) is 59.2 Å². The lowest BCUT2D eigenvalue weighted by molar-refractivity contribution is -0.136.